The summed E-state index contributed by atoms with van der Waals surface area (Å²) >= 11 is 4.75. The molecular formula is C13H9BrN2O3S2. The molecule has 0 spiro atoms. The average Bonchev–Trinajstić information content (AvgIpc) is 3.09. The number of sulfonamides is 1. The maximum Gasteiger partial charge on any atom is 0.265 e. The van der Waals surface area contributed by atoms with Crippen LogP contribution in [0.2, 0.25) is 0 Å². The fourth-order valence-electron chi connectivity index (χ4n) is 1.72. The van der Waals surface area contributed by atoms with Crippen molar-refractivity contribution in [1.29, 1.82) is 0 Å². The highest BCUT2D eigenvalue weighted by Gasteiger charge is 2.19. The monoisotopic (exact) mass is 384 g/mol. The highest BCUT2D eigenvalue weighted by Crippen LogP contribution is 2.27. The molecule has 0 saturated heterocycles. The molecule has 1 N–H and O–H groups in total. The van der Waals surface area contributed by atoms with Crippen molar-refractivity contribution in [2.75, 3.05) is 4.72 Å². The summed E-state index contributed by atoms with van der Waals surface area (Å²) in [6.45, 7) is 0. The lowest BCUT2D eigenvalue weighted by Crippen LogP contribution is -2.12. The van der Waals surface area contributed by atoms with Gasteiger partial charge in [-0.1, -0.05) is 17.3 Å². The lowest BCUT2D eigenvalue weighted by molar-refractivity contribution is 0.438. The van der Waals surface area contributed by atoms with Crippen LogP contribution in [0.4, 0.5) is 5.88 Å². The molecule has 21 heavy (non-hydrogen) atoms. The highest BCUT2D eigenvalue weighted by atomic mass is 79.9. The van der Waals surface area contributed by atoms with Crippen LogP contribution in [0.1, 0.15) is 0 Å². The van der Waals surface area contributed by atoms with E-state index in [2.05, 4.69) is 25.8 Å². The number of nitrogens with one attached hydrogen (secondary N) is 1. The van der Waals surface area contributed by atoms with Crippen molar-refractivity contribution in [2.45, 2.75) is 4.90 Å². The van der Waals surface area contributed by atoms with E-state index in [1.807, 2.05) is 16.8 Å². The van der Waals surface area contributed by atoms with Crippen LogP contribution < -0.4 is 4.72 Å². The summed E-state index contributed by atoms with van der Waals surface area (Å²) in [7, 11) is -3.73. The van der Waals surface area contributed by atoms with Gasteiger partial charge in [0.2, 0.25) is 5.88 Å². The lowest BCUT2D eigenvalue weighted by atomic mass is 10.2. The Bertz CT molecular complexity index is 857. The summed E-state index contributed by atoms with van der Waals surface area (Å²) in [6.07, 6.45) is 0. The second-order valence-electron chi connectivity index (χ2n) is 4.12. The maximum absolute atomic E-state index is 12.3. The van der Waals surface area contributed by atoms with Crippen molar-refractivity contribution in [3.8, 4) is 11.3 Å². The molecule has 0 radical (unpaired) electrons. The third-order valence-electron chi connectivity index (χ3n) is 2.69. The second-order valence-corrected chi connectivity index (χ2v) is 7.41. The average molecular weight is 385 g/mol. The molecular weight excluding hydrogens is 376 g/mol. The molecule has 8 heteroatoms. The Morgan fingerprint density at radius 2 is 2.05 bits per heavy atom. The molecule has 0 aliphatic heterocycles. The van der Waals surface area contributed by atoms with Crippen molar-refractivity contribution in [2.24, 2.45) is 0 Å². The highest BCUT2D eigenvalue weighted by molar-refractivity contribution is 9.10. The van der Waals surface area contributed by atoms with Crippen molar-refractivity contribution >= 4 is 43.2 Å². The van der Waals surface area contributed by atoms with Crippen LogP contribution in [0.15, 0.2) is 61.0 Å². The van der Waals surface area contributed by atoms with Crippen LogP contribution in [0, 0.1) is 0 Å². The van der Waals surface area contributed by atoms with Crippen molar-refractivity contribution in [3.05, 3.63) is 51.6 Å². The van der Waals surface area contributed by atoms with E-state index < -0.39 is 10.0 Å². The predicted molar refractivity (Wildman–Crippen MR) is 84.8 cm³/mol. The summed E-state index contributed by atoms with van der Waals surface area (Å²) in [6, 6.07) is 9.99. The number of anilines is 1. The second kappa shape index (κ2) is 5.63. The molecule has 0 aliphatic rings. The number of halogens is 1. The summed E-state index contributed by atoms with van der Waals surface area (Å²) in [4.78, 5) is 0.137. The molecule has 0 unspecified atom stereocenters. The number of hydrogen-bond donors (Lipinski definition) is 1. The number of benzene rings is 1. The number of aromatic nitrogens is 1. The van der Waals surface area contributed by atoms with Crippen LogP contribution >= 0.6 is 27.3 Å². The van der Waals surface area contributed by atoms with Crippen LogP contribution in [0.3, 0.4) is 0 Å². The Kier molecular flexibility index (Phi) is 3.83. The van der Waals surface area contributed by atoms with Gasteiger partial charge in [-0.15, -0.1) is 0 Å². The Morgan fingerprint density at radius 3 is 2.76 bits per heavy atom. The minimum Gasteiger partial charge on any atom is -0.337 e. The smallest absolute Gasteiger partial charge is 0.265 e. The maximum atomic E-state index is 12.3. The third-order valence-corrected chi connectivity index (χ3v) is 5.73. The molecule has 0 atom stereocenters. The molecule has 0 bridgehead atoms. The first-order chi connectivity index (χ1) is 10.1. The third kappa shape index (κ3) is 3.02. The van der Waals surface area contributed by atoms with E-state index in [0.29, 0.717) is 10.2 Å². The van der Waals surface area contributed by atoms with Gasteiger partial charge in [0.25, 0.3) is 10.0 Å². The fraction of sp³-hybridized carbons (Fsp3) is 0. The molecule has 3 aromatic rings. The van der Waals surface area contributed by atoms with E-state index in [-0.39, 0.29) is 10.8 Å². The van der Waals surface area contributed by atoms with E-state index >= 15 is 0 Å². The van der Waals surface area contributed by atoms with Gasteiger partial charge in [-0.25, -0.2) is 13.1 Å². The molecule has 0 aliphatic carbocycles. The van der Waals surface area contributed by atoms with Crippen LogP contribution in [-0.4, -0.2) is 13.6 Å². The van der Waals surface area contributed by atoms with Gasteiger partial charge in [-0.05, 0) is 39.5 Å². The molecule has 1 aromatic carbocycles. The lowest BCUT2D eigenvalue weighted by Gasteiger charge is -2.05. The standard InChI is InChI=1S/C13H9BrN2O3S2/c14-10-3-1-2-4-12(10)21(17,18)16-13-7-11(15-19-13)9-5-6-20-8-9/h1-8,16H. The number of thiophene rings is 1. The Balaban J connectivity index is 1.88. The number of rotatable bonds is 4. The summed E-state index contributed by atoms with van der Waals surface area (Å²) in [5, 5.41) is 7.67. The Morgan fingerprint density at radius 1 is 1.24 bits per heavy atom. The largest absolute Gasteiger partial charge is 0.337 e. The Labute approximate surface area is 133 Å². The van der Waals surface area contributed by atoms with Gasteiger partial charge in [-0.3, -0.25) is 0 Å². The van der Waals surface area contributed by atoms with Gasteiger partial charge >= 0.3 is 0 Å². The predicted octanol–water partition coefficient (Wildman–Crippen LogP) is 3.97. The zero-order valence-corrected chi connectivity index (χ0v) is 13.7. The summed E-state index contributed by atoms with van der Waals surface area (Å²) in [5.74, 6) is 0.0759. The van der Waals surface area contributed by atoms with Crippen LogP contribution in [-0.2, 0) is 10.0 Å². The number of hydrogen-bond acceptors (Lipinski definition) is 5. The zero-order chi connectivity index (χ0) is 14.9. The van der Waals surface area contributed by atoms with Crippen LogP contribution in [0.25, 0.3) is 11.3 Å². The Hall–Kier alpha value is -1.64. The van der Waals surface area contributed by atoms with Gasteiger partial charge in [0.05, 0.1) is 0 Å². The molecule has 108 valence electrons. The van der Waals surface area contributed by atoms with Gasteiger partial charge in [0.15, 0.2) is 0 Å². The molecule has 3 rings (SSSR count). The van der Waals surface area contributed by atoms with E-state index in [9.17, 15) is 8.42 Å². The summed E-state index contributed by atoms with van der Waals surface area (Å²) < 4.78 is 32.5. The topological polar surface area (TPSA) is 72.2 Å². The van der Waals surface area contributed by atoms with Crippen LogP contribution in [0.5, 0.6) is 0 Å². The minimum absolute atomic E-state index is 0.0759. The van der Waals surface area contributed by atoms with Gasteiger partial charge in [0, 0.05) is 21.5 Å². The first kappa shape index (κ1) is 14.3. The van der Waals surface area contributed by atoms with Crippen molar-refractivity contribution in [3.63, 3.8) is 0 Å². The first-order valence-electron chi connectivity index (χ1n) is 5.83. The van der Waals surface area contributed by atoms with E-state index in [4.69, 9.17) is 4.52 Å². The molecule has 0 fully saturated rings. The molecule has 0 saturated carbocycles. The summed E-state index contributed by atoms with van der Waals surface area (Å²) in [5.41, 5.74) is 1.47. The molecule has 2 aromatic heterocycles. The quantitative estimate of drug-likeness (QED) is 0.738. The molecule has 0 amide bonds. The normalized spacial score (nSPS) is 11.5. The molecule has 2 heterocycles. The van der Waals surface area contributed by atoms with Crippen molar-refractivity contribution in [1.82, 2.24) is 5.16 Å². The van der Waals surface area contributed by atoms with E-state index in [1.54, 1.807) is 24.3 Å². The van der Waals surface area contributed by atoms with E-state index in [1.165, 1.54) is 17.4 Å². The van der Waals surface area contributed by atoms with Crippen molar-refractivity contribution < 1.29 is 12.9 Å². The van der Waals surface area contributed by atoms with Gasteiger partial charge < -0.3 is 4.52 Å². The SMILES string of the molecule is O=S(=O)(Nc1cc(-c2ccsc2)no1)c1ccccc1Br. The first-order valence-corrected chi connectivity index (χ1v) is 9.05. The zero-order valence-electron chi connectivity index (χ0n) is 10.5. The fourth-order valence-corrected chi connectivity index (χ4v) is 4.35. The van der Waals surface area contributed by atoms with Gasteiger partial charge in [0.1, 0.15) is 10.6 Å². The minimum atomic E-state index is -3.73. The molecule has 5 nitrogen and oxygen atoms in total. The van der Waals surface area contributed by atoms with E-state index in [0.717, 1.165) is 5.56 Å². The van der Waals surface area contributed by atoms with Gasteiger partial charge in [-0.2, -0.15) is 11.3 Å². The number of nitrogens with zero attached hydrogens (tertiary/aromatic N) is 1.